The van der Waals surface area contributed by atoms with Crippen LogP contribution in [0.4, 0.5) is 0 Å². The molecule has 1 aromatic rings. The standard InChI is InChI=1S/C18H29NO/c1-4-10-19-18(16-8-6-14(3)7-9-16)13-15-11-17(12-15)20-5-2/h6-9,15,17-19H,4-5,10-13H2,1-3H3. The molecule has 0 amide bonds. The van der Waals surface area contributed by atoms with Crippen molar-refractivity contribution in [2.24, 2.45) is 5.92 Å². The highest BCUT2D eigenvalue weighted by molar-refractivity contribution is 5.24. The van der Waals surface area contributed by atoms with Crippen molar-refractivity contribution >= 4 is 0 Å². The van der Waals surface area contributed by atoms with Crippen LogP contribution in [0.15, 0.2) is 24.3 Å². The van der Waals surface area contributed by atoms with Crippen molar-refractivity contribution in [2.45, 2.75) is 58.6 Å². The van der Waals surface area contributed by atoms with Gasteiger partial charge in [0.15, 0.2) is 0 Å². The molecule has 0 aromatic heterocycles. The summed E-state index contributed by atoms with van der Waals surface area (Å²) in [5, 5.41) is 3.71. The molecule has 20 heavy (non-hydrogen) atoms. The van der Waals surface area contributed by atoms with Gasteiger partial charge >= 0.3 is 0 Å². The Balaban J connectivity index is 1.89. The van der Waals surface area contributed by atoms with Gasteiger partial charge in [0.25, 0.3) is 0 Å². The molecular formula is C18H29NO. The lowest BCUT2D eigenvalue weighted by Gasteiger charge is -2.37. The first-order chi connectivity index (χ1) is 9.72. The van der Waals surface area contributed by atoms with Crippen molar-refractivity contribution in [3.8, 4) is 0 Å². The van der Waals surface area contributed by atoms with E-state index in [9.17, 15) is 0 Å². The average molecular weight is 275 g/mol. The third-order valence-electron chi connectivity index (χ3n) is 4.28. The molecule has 1 unspecified atom stereocenters. The molecular weight excluding hydrogens is 246 g/mol. The van der Waals surface area contributed by atoms with Crippen molar-refractivity contribution in [3.05, 3.63) is 35.4 Å². The fourth-order valence-electron chi connectivity index (χ4n) is 3.03. The summed E-state index contributed by atoms with van der Waals surface area (Å²) in [6.07, 6.45) is 5.43. The van der Waals surface area contributed by atoms with Crippen LogP contribution in [0.3, 0.4) is 0 Å². The van der Waals surface area contributed by atoms with Gasteiger partial charge in [-0.2, -0.15) is 0 Å². The summed E-state index contributed by atoms with van der Waals surface area (Å²) in [4.78, 5) is 0. The summed E-state index contributed by atoms with van der Waals surface area (Å²) in [5.74, 6) is 0.821. The van der Waals surface area contributed by atoms with E-state index in [-0.39, 0.29) is 0 Å². The number of nitrogens with one attached hydrogen (secondary N) is 1. The maximum atomic E-state index is 5.67. The molecule has 1 saturated carbocycles. The largest absolute Gasteiger partial charge is 0.378 e. The van der Waals surface area contributed by atoms with Crippen LogP contribution in [0.5, 0.6) is 0 Å². The van der Waals surface area contributed by atoms with Crippen LogP contribution in [0.25, 0.3) is 0 Å². The average Bonchev–Trinajstić information content (AvgIpc) is 2.41. The number of hydrogen-bond acceptors (Lipinski definition) is 2. The lowest BCUT2D eigenvalue weighted by molar-refractivity contribution is -0.0291. The van der Waals surface area contributed by atoms with Crippen molar-refractivity contribution in [1.82, 2.24) is 5.32 Å². The number of rotatable bonds is 8. The van der Waals surface area contributed by atoms with E-state index < -0.39 is 0 Å². The van der Waals surface area contributed by atoms with Crippen LogP contribution < -0.4 is 5.32 Å². The Kier molecular flexibility index (Phi) is 6.06. The highest BCUT2D eigenvalue weighted by Crippen LogP contribution is 2.37. The summed E-state index contributed by atoms with van der Waals surface area (Å²) >= 11 is 0. The Morgan fingerprint density at radius 3 is 2.50 bits per heavy atom. The van der Waals surface area contributed by atoms with Gasteiger partial charge in [-0.1, -0.05) is 36.8 Å². The first-order valence-corrected chi connectivity index (χ1v) is 8.14. The van der Waals surface area contributed by atoms with Gasteiger partial charge in [0.05, 0.1) is 6.10 Å². The van der Waals surface area contributed by atoms with Crippen LogP contribution in [0.1, 0.15) is 56.7 Å². The molecule has 0 radical (unpaired) electrons. The second-order valence-corrected chi connectivity index (χ2v) is 6.07. The van der Waals surface area contributed by atoms with Crippen molar-refractivity contribution in [2.75, 3.05) is 13.2 Å². The molecule has 1 fully saturated rings. The Bertz CT molecular complexity index is 381. The van der Waals surface area contributed by atoms with E-state index in [0.717, 1.165) is 19.1 Å². The fourth-order valence-corrected chi connectivity index (χ4v) is 3.03. The molecule has 1 atom stereocenters. The van der Waals surface area contributed by atoms with Crippen LogP contribution in [-0.2, 0) is 4.74 Å². The van der Waals surface area contributed by atoms with Gasteiger partial charge in [-0.25, -0.2) is 0 Å². The Labute approximate surface area is 123 Å². The molecule has 1 aliphatic carbocycles. The third kappa shape index (κ3) is 4.32. The molecule has 1 N–H and O–H groups in total. The summed E-state index contributed by atoms with van der Waals surface area (Å²) in [6, 6.07) is 9.51. The normalized spacial score (nSPS) is 23.4. The van der Waals surface area contributed by atoms with E-state index in [1.807, 2.05) is 0 Å². The minimum atomic E-state index is 0.503. The van der Waals surface area contributed by atoms with Gasteiger partial charge in [-0.15, -0.1) is 0 Å². The number of hydrogen-bond donors (Lipinski definition) is 1. The molecule has 2 rings (SSSR count). The van der Waals surface area contributed by atoms with E-state index >= 15 is 0 Å². The predicted octanol–water partition coefficient (Wildman–Crippen LogP) is 4.24. The first kappa shape index (κ1) is 15.5. The summed E-state index contributed by atoms with van der Waals surface area (Å²) < 4.78 is 5.67. The molecule has 0 saturated heterocycles. The number of ether oxygens (including phenoxy) is 1. The monoisotopic (exact) mass is 275 g/mol. The quantitative estimate of drug-likeness (QED) is 0.766. The molecule has 0 aliphatic heterocycles. The van der Waals surface area contributed by atoms with Crippen LogP contribution in [0, 0.1) is 12.8 Å². The summed E-state index contributed by atoms with van der Waals surface area (Å²) in [6.45, 7) is 8.42. The SMILES string of the molecule is CCCNC(CC1CC(OCC)C1)c1ccc(C)cc1. The Morgan fingerprint density at radius 1 is 1.20 bits per heavy atom. The highest BCUT2D eigenvalue weighted by Gasteiger charge is 2.31. The van der Waals surface area contributed by atoms with E-state index in [1.165, 1.54) is 36.8 Å². The first-order valence-electron chi connectivity index (χ1n) is 8.14. The van der Waals surface area contributed by atoms with E-state index in [1.54, 1.807) is 0 Å². The van der Waals surface area contributed by atoms with Crippen molar-refractivity contribution in [3.63, 3.8) is 0 Å². The summed E-state index contributed by atoms with van der Waals surface area (Å²) in [7, 11) is 0. The minimum absolute atomic E-state index is 0.503. The second-order valence-electron chi connectivity index (χ2n) is 6.07. The zero-order chi connectivity index (χ0) is 14.4. The lowest BCUT2D eigenvalue weighted by atomic mass is 9.77. The van der Waals surface area contributed by atoms with Gasteiger partial charge in [-0.3, -0.25) is 0 Å². The summed E-state index contributed by atoms with van der Waals surface area (Å²) in [5.41, 5.74) is 2.77. The maximum Gasteiger partial charge on any atom is 0.0580 e. The Hall–Kier alpha value is -0.860. The molecule has 2 nitrogen and oxygen atoms in total. The van der Waals surface area contributed by atoms with Gasteiger partial charge in [0.1, 0.15) is 0 Å². The maximum absolute atomic E-state index is 5.67. The van der Waals surface area contributed by atoms with Crippen LogP contribution >= 0.6 is 0 Å². The fraction of sp³-hybridized carbons (Fsp3) is 0.667. The number of aryl methyl sites for hydroxylation is 1. The molecule has 112 valence electrons. The van der Waals surface area contributed by atoms with Gasteiger partial charge in [0, 0.05) is 12.6 Å². The van der Waals surface area contributed by atoms with Crippen LogP contribution in [-0.4, -0.2) is 19.3 Å². The molecule has 1 aromatic carbocycles. The molecule has 0 heterocycles. The van der Waals surface area contributed by atoms with Crippen LogP contribution in [0.2, 0.25) is 0 Å². The zero-order valence-corrected chi connectivity index (χ0v) is 13.2. The molecule has 1 aliphatic rings. The number of benzene rings is 1. The topological polar surface area (TPSA) is 21.3 Å². The lowest BCUT2D eigenvalue weighted by Crippen LogP contribution is -2.35. The van der Waals surface area contributed by atoms with Gasteiger partial charge in [0.2, 0.25) is 0 Å². The van der Waals surface area contributed by atoms with Crippen molar-refractivity contribution in [1.29, 1.82) is 0 Å². The van der Waals surface area contributed by atoms with Crippen molar-refractivity contribution < 1.29 is 4.74 Å². The smallest absolute Gasteiger partial charge is 0.0580 e. The highest BCUT2D eigenvalue weighted by atomic mass is 16.5. The van der Waals surface area contributed by atoms with Gasteiger partial charge in [-0.05, 0) is 57.6 Å². The zero-order valence-electron chi connectivity index (χ0n) is 13.2. The third-order valence-corrected chi connectivity index (χ3v) is 4.28. The molecule has 0 bridgehead atoms. The predicted molar refractivity (Wildman–Crippen MR) is 85.0 cm³/mol. The molecule has 2 heteroatoms. The molecule has 0 spiro atoms. The van der Waals surface area contributed by atoms with E-state index in [2.05, 4.69) is 50.4 Å². The van der Waals surface area contributed by atoms with Gasteiger partial charge < -0.3 is 10.1 Å². The minimum Gasteiger partial charge on any atom is -0.378 e. The van der Waals surface area contributed by atoms with E-state index in [4.69, 9.17) is 4.74 Å². The van der Waals surface area contributed by atoms with E-state index in [0.29, 0.717) is 12.1 Å². The second kappa shape index (κ2) is 7.80. The Morgan fingerprint density at radius 2 is 1.90 bits per heavy atom.